The first-order valence-corrected chi connectivity index (χ1v) is 9.02. The van der Waals surface area contributed by atoms with Gasteiger partial charge in [-0.2, -0.15) is 0 Å². The van der Waals surface area contributed by atoms with Crippen LogP contribution in [0.2, 0.25) is 5.02 Å². The molecule has 0 aliphatic rings. The van der Waals surface area contributed by atoms with Crippen molar-refractivity contribution < 1.29 is 32.9 Å². The lowest BCUT2D eigenvalue weighted by Crippen LogP contribution is -2.02. The van der Waals surface area contributed by atoms with Crippen LogP contribution in [0.4, 0.5) is 0 Å². The zero-order valence-electron chi connectivity index (χ0n) is 16.7. The Morgan fingerprint density at radius 3 is 2.23 bits per heavy atom. The summed E-state index contributed by atoms with van der Waals surface area (Å²) >= 11 is 6.15. The predicted octanol–water partition coefficient (Wildman–Crippen LogP) is 3.78. The second-order valence-corrected chi connectivity index (χ2v) is 6.25. The fraction of sp³-hybridized carbons (Fsp3) is 0.250. The Labute approximate surface area is 177 Å². The van der Waals surface area contributed by atoms with Crippen LogP contribution in [0.5, 0.6) is 23.0 Å². The van der Waals surface area contributed by atoms with Crippen LogP contribution in [-0.2, 0) is 11.3 Å². The molecule has 30 heavy (non-hydrogen) atoms. The quantitative estimate of drug-likeness (QED) is 0.490. The van der Waals surface area contributed by atoms with Gasteiger partial charge in [-0.05, 0) is 30.3 Å². The largest absolute Gasteiger partial charge is 0.493 e. The van der Waals surface area contributed by atoms with Gasteiger partial charge in [0.1, 0.15) is 5.75 Å². The van der Waals surface area contributed by atoms with Gasteiger partial charge in [-0.1, -0.05) is 11.6 Å². The van der Waals surface area contributed by atoms with E-state index in [4.69, 9.17) is 35.0 Å². The van der Waals surface area contributed by atoms with Crippen LogP contribution in [-0.4, -0.2) is 44.6 Å². The maximum atomic E-state index is 11.5. The molecule has 1 heterocycles. The first kappa shape index (κ1) is 21.3. The molecule has 0 spiro atoms. The van der Waals surface area contributed by atoms with Crippen molar-refractivity contribution in [3.63, 3.8) is 0 Å². The van der Waals surface area contributed by atoms with Crippen molar-refractivity contribution in [2.45, 2.75) is 6.61 Å². The highest BCUT2D eigenvalue weighted by molar-refractivity contribution is 6.32. The first-order valence-electron chi connectivity index (χ1n) is 8.64. The molecule has 0 atom stereocenters. The zero-order chi connectivity index (χ0) is 21.7. The molecule has 0 unspecified atom stereocenters. The van der Waals surface area contributed by atoms with Crippen LogP contribution in [0.1, 0.15) is 16.2 Å². The lowest BCUT2D eigenvalue weighted by Gasteiger charge is -2.12. The van der Waals surface area contributed by atoms with E-state index < -0.39 is 5.97 Å². The number of benzene rings is 2. The highest BCUT2D eigenvalue weighted by Crippen LogP contribution is 2.40. The summed E-state index contributed by atoms with van der Waals surface area (Å²) in [5, 5.41) is 8.26. The van der Waals surface area contributed by atoms with E-state index in [1.165, 1.54) is 34.5 Å². The molecule has 3 aromatic rings. The third-order valence-corrected chi connectivity index (χ3v) is 4.38. The van der Waals surface area contributed by atoms with Gasteiger partial charge >= 0.3 is 5.97 Å². The number of aromatic nitrogens is 2. The van der Waals surface area contributed by atoms with E-state index in [1.54, 1.807) is 24.3 Å². The van der Waals surface area contributed by atoms with Crippen molar-refractivity contribution >= 4 is 17.6 Å². The van der Waals surface area contributed by atoms with Crippen molar-refractivity contribution in [3.8, 4) is 34.5 Å². The maximum Gasteiger partial charge on any atom is 0.337 e. The van der Waals surface area contributed by atoms with E-state index in [9.17, 15) is 4.79 Å². The van der Waals surface area contributed by atoms with Gasteiger partial charge in [0.2, 0.25) is 11.6 Å². The maximum absolute atomic E-state index is 11.5. The standard InChI is InChI=1S/C20H19ClN2O7/c1-25-15-8-12(9-16(26-2)18(15)27-3)19-23-22-17(30-19)10-29-14-6-5-11(7-13(14)21)20(24)28-4/h5-9H,10H2,1-4H3. The van der Waals surface area contributed by atoms with E-state index in [0.29, 0.717) is 34.1 Å². The molecule has 0 amide bonds. The smallest absolute Gasteiger partial charge is 0.337 e. The number of hydrogen-bond acceptors (Lipinski definition) is 9. The Bertz CT molecular complexity index is 1030. The Hall–Kier alpha value is -3.46. The van der Waals surface area contributed by atoms with E-state index in [-0.39, 0.29) is 23.4 Å². The number of rotatable bonds is 8. The summed E-state index contributed by atoms with van der Waals surface area (Å²) < 4.78 is 31.9. The molecule has 3 rings (SSSR count). The molecule has 0 aliphatic carbocycles. The van der Waals surface area contributed by atoms with Crippen molar-refractivity contribution in [2.24, 2.45) is 0 Å². The molecule has 0 bridgehead atoms. The summed E-state index contributed by atoms with van der Waals surface area (Å²) in [6.45, 7) is -0.0191. The molecule has 0 N–H and O–H groups in total. The highest BCUT2D eigenvalue weighted by atomic mass is 35.5. The van der Waals surface area contributed by atoms with Crippen LogP contribution >= 0.6 is 11.6 Å². The minimum absolute atomic E-state index is 0.0191. The Morgan fingerprint density at radius 2 is 1.67 bits per heavy atom. The lowest BCUT2D eigenvalue weighted by molar-refractivity contribution is 0.0600. The molecule has 10 heteroatoms. The second-order valence-electron chi connectivity index (χ2n) is 5.84. The molecule has 0 saturated heterocycles. The minimum Gasteiger partial charge on any atom is -0.493 e. The number of halogens is 1. The second kappa shape index (κ2) is 9.36. The van der Waals surface area contributed by atoms with Gasteiger partial charge in [-0.3, -0.25) is 0 Å². The molecular formula is C20H19ClN2O7. The van der Waals surface area contributed by atoms with Gasteiger partial charge < -0.3 is 28.1 Å². The molecule has 2 aromatic carbocycles. The number of nitrogens with zero attached hydrogens (tertiary/aromatic N) is 2. The third kappa shape index (κ3) is 4.41. The van der Waals surface area contributed by atoms with E-state index in [1.807, 2.05) is 0 Å². The number of ether oxygens (including phenoxy) is 5. The Balaban J connectivity index is 1.77. The molecule has 0 aliphatic heterocycles. The molecule has 1 aromatic heterocycles. The number of carbonyl (C=O) groups is 1. The van der Waals surface area contributed by atoms with Gasteiger partial charge in [0.25, 0.3) is 5.89 Å². The normalized spacial score (nSPS) is 10.4. The highest BCUT2D eigenvalue weighted by Gasteiger charge is 2.18. The monoisotopic (exact) mass is 434 g/mol. The Kier molecular flexibility index (Phi) is 6.63. The van der Waals surface area contributed by atoms with Crippen molar-refractivity contribution in [3.05, 3.63) is 46.8 Å². The molecular weight excluding hydrogens is 416 g/mol. The minimum atomic E-state index is -0.490. The average Bonchev–Trinajstić information content (AvgIpc) is 3.25. The Morgan fingerprint density at radius 1 is 0.967 bits per heavy atom. The van der Waals surface area contributed by atoms with Crippen LogP contribution in [0, 0.1) is 0 Å². The summed E-state index contributed by atoms with van der Waals surface area (Å²) in [4.78, 5) is 11.5. The lowest BCUT2D eigenvalue weighted by atomic mass is 10.2. The summed E-state index contributed by atoms with van der Waals surface area (Å²) in [7, 11) is 5.85. The van der Waals surface area contributed by atoms with E-state index in [2.05, 4.69) is 14.9 Å². The van der Waals surface area contributed by atoms with Gasteiger partial charge in [0.05, 0.1) is 39.0 Å². The molecule has 0 fully saturated rings. The molecule has 9 nitrogen and oxygen atoms in total. The predicted molar refractivity (Wildman–Crippen MR) is 107 cm³/mol. The topological polar surface area (TPSA) is 102 Å². The molecule has 0 radical (unpaired) electrons. The summed E-state index contributed by atoms with van der Waals surface area (Å²) in [5.41, 5.74) is 0.904. The van der Waals surface area contributed by atoms with Gasteiger partial charge in [-0.15, -0.1) is 10.2 Å². The van der Waals surface area contributed by atoms with Crippen LogP contribution in [0.3, 0.4) is 0 Å². The number of methoxy groups -OCH3 is 4. The average molecular weight is 435 g/mol. The first-order chi connectivity index (χ1) is 14.5. The fourth-order valence-corrected chi connectivity index (χ4v) is 2.87. The van der Waals surface area contributed by atoms with E-state index >= 15 is 0 Å². The van der Waals surface area contributed by atoms with Gasteiger partial charge in [0.15, 0.2) is 18.1 Å². The van der Waals surface area contributed by atoms with Crippen molar-refractivity contribution in [1.82, 2.24) is 10.2 Å². The van der Waals surface area contributed by atoms with Crippen LogP contribution < -0.4 is 18.9 Å². The SMILES string of the molecule is COC(=O)c1ccc(OCc2nnc(-c3cc(OC)c(OC)c(OC)c3)o2)c(Cl)c1. The number of carbonyl (C=O) groups excluding carboxylic acids is 1. The van der Waals surface area contributed by atoms with Gasteiger partial charge in [0, 0.05) is 5.56 Å². The van der Waals surface area contributed by atoms with Crippen LogP contribution in [0.15, 0.2) is 34.7 Å². The number of esters is 1. The summed E-state index contributed by atoms with van der Waals surface area (Å²) in [5.74, 6) is 1.72. The van der Waals surface area contributed by atoms with Crippen LogP contribution in [0.25, 0.3) is 11.5 Å². The summed E-state index contributed by atoms with van der Waals surface area (Å²) in [6.07, 6.45) is 0. The zero-order valence-corrected chi connectivity index (χ0v) is 17.5. The molecule has 0 saturated carbocycles. The van der Waals surface area contributed by atoms with Crippen molar-refractivity contribution in [1.29, 1.82) is 0 Å². The number of hydrogen-bond donors (Lipinski definition) is 0. The van der Waals surface area contributed by atoms with Gasteiger partial charge in [-0.25, -0.2) is 4.79 Å². The fourth-order valence-electron chi connectivity index (χ4n) is 2.64. The molecule has 158 valence electrons. The summed E-state index contributed by atoms with van der Waals surface area (Å²) in [6, 6.07) is 7.95. The van der Waals surface area contributed by atoms with E-state index in [0.717, 1.165) is 0 Å². The third-order valence-electron chi connectivity index (χ3n) is 4.08. The van der Waals surface area contributed by atoms with Crippen molar-refractivity contribution in [2.75, 3.05) is 28.4 Å².